The number of carboxylic acid groups (broad SMARTS) is 1. The van der Waals surface area contributed by atoms with E-state index in [9.17, 15) is 23.1 Å². The van der Waals surface area contributed by atoms with E-state index in [4.69, 9.17) is 4.74 Å². The molecule has 1 aliphatic rings. The summed E-state index contributed by atoms with van der Waals surface area (Å²) in [6, 6.07) is 5.73. The van der Waals surface area contributed by atoms with E-state index in [-0.39, 0.29) is 29.6 Å². The number of hydrogen-bond acceptors (Lipinski definition) is 5. The highest BCUT2D eigenvalue weighted by Gasteiger charge is 2.29. The Labute approximate surface area is 135 Å². The number of esters is 1. The van der Waals surface area contributed by atoms with Gasteiger partial charge in [-0.1, -0.05) is 12.1 Å². The second-order valence-electron chi connectivity index (χ2n) is 5.69. The van der Waals surface area contributed by atoms with Crippen LogP contribution in [0, 0.1) is 5.92 Å². The lowest BCUT2D eigenvalue weighted by molar-refractivity contribution is -0.148. The summed E-state index contributed by atoms with van der Waals surface area (Å²) in [5, 5.41) is 9.27. The van der Waals surface area contributed by atoms with Crippen LogP contribution in [0.25, 0.3) is 0 Å². The van der Waals surface area contributed by atoms with Crippen LogP contribution >= 0.6 is 0 Å². The minimum Gasteiger partial charge on any atom is -0.481 e. The summed E-state index contributed by atoms with van der Waals surface area (Å²) in [6.45, 7) is 1.83. The predicted molar refractivity (Wildman–Crippen MR) is 82.8 cm³/mol. The van der Waals surface area contributed by atoms with Crippen molar-refractivity contribution in [3.8, 4) is 0 Å². The van der Waals surface area contributed by atoms with Crippen molar-refractivity contribution in [2.45, 2.75) is 37.0 Å². The summed E-state index contributed by atoms with van der Waals surface area (Å²) in [5.74, 6) is -2.40. The Morgan fingerprint density at radius 1 is 1.26 bits per heavy atom. The van der Waals surface area contributed by atoms with Gasteiger partial charge in [-0.15, -0.1) is 0 Å². The van der Waals surface area contributed by atoms with Crippen molar-refractivity contribution in [3.63, 3.8) is 0 Å². The molecule has 0 amide bonds. The average Bonchev–Trinajstić information content (AvgIpc) is 3.28. The minimum absolute atomic E-state index is 0.136. The van der Waals surface area contributed by atoms with Crippen LogP contribution in [-0.2, 0) is 24.2 Å². The Morgan fingerprint density at radius 3 is 2.35 bits per heavy atom. The lowest BCUT2D eigenvalue weighted by Gasteiger charge is -2.13. The first-order valence-electron chi connectivity index (χ1n) is 7.54. The van der Waals surface area contributed by atoms with Gasteiger partial charge in [0, 0.05) is 0 Å². The maximum Gasteiger partial charge on any atom is 0.311 e. The van der Waals surface area contributed by atoms with Crippen molar-refractivity contribution in [1.82, 2.24) is 0 Å². The average molecular weight is 340 g/mol. The van der Waals surface area contributed by atoms with Crippen LogP contribution in [0.3, 0.4) is 0 Å². The first-order valence-corrected chi connectivity index (χ1v) is 9.20. The van der Waals surface area contributed by atoms with Crippen LogP contribution in [0.5, 0.6) is 0 Å². The second-order valence-corrected chi connectivity index (χ2v) is 7.73. The lowest BCUT2D eigenvalue weighted by Crippen LogP contribution is -2.18. The predicted octanol–water partition coefficient (Wildman–Crippen LogP) is 1.99. The van der Waals surface area contributed by atoms with Gasteiger partial charge in [-0.3, -0.25) is 9.59 Å². The summed E-state index contributed by atoms with van der Waals surface area (Å²) in [7, 11) is -3.33. The molecule has 6 nitrogen and oxygen atoms in total. The van der Waals surface area contributed by atoms with Crippen molar-refractivity contribution < 1.29 is 27.9 Å². The van der Waals surface area contributed by atoms with Gasteiger partial charge in [0.25, 0.3) is 0 Å². The lowest BCUT2D eigenvalue weighted by atomic mass is 9.96. The van der Waals surface area contributed by atoms with Gasteiger partial charge in [-0.2, -0.15) is 0 Å². The van der Waals surface area contributed by atoms with E-state index in [2.05, 4.69) is 0 Å². The molecule has 0 aliphatic heterocycles. The van der Waals surface area contributed by atoms with Crippen LogP contribution < -0.4 is 0 Å². The number of ether oxygens (including phenoxy) is 1. The van der Waals surface area contributed by atoms with Crippen LogP contribution in [0.15, 0.2) is 29.2 Å². The zero-order chi connectivity index (χ0) is 17.0. The van der Waals surface area contributed by atoms with E-state index in [1.165, 1.54) is 24.3 Å². The van der Waals surface area contributed by atoms with Crippen LogP contribution in [0.4, 0.5) is 0 Å². The van der Waals surface area contributed by atoms with Crippen molar-refractivity contribution in [1.29, 1.82) is 0 Å². The molecule has 1 fully saturated rings. The molecule has 126 valence electrons. The Morgan fingerprint density at radius 2 is 1.87 bits per heavy atom. The Balaban J connectivity index is 2.15. The van der Waals surface area contributed by atoms with Gasteiger partial charge in [0.2, 0.25) is 0 Å². The molecular formula is C16H20O6S. The number of carboxylic acids is 1. The first-order chi connectivity index (χ1) is 10.8. The maximum atomic E-state index is 12.2. The van der Waals surface area contributed by atoms with E-state index in [1.54, 1.807) is 6.92 Å². The molecule has 0 bridgehead atoms. The number of aliphatic carboxylic acids is 1. The molecule has 0 heterocycles. The van der Waals surface area contributed by atoms with E-state index >= 15 is 0 Å². The highest BCUT2D eigenvalue weighted by molar-refractivity contribution is 7.91. The minimum atomic E-state index is -3.33. The molecule has 7 heteroatoms. The zero-order valence-corrected chi connectivity index (χ0v) is 13.7. The third kappa shape index (κ3) is 4.79. The van der Waals surface area contributed by atoms with Gasteiger partial charge in [0.15, 0.2) is 9.84 Å². The quantitative estimate of drug-likeness (QED) is 0.727. The molecule has 1 aromatic rings. The second kappa shape index (κ2) is 7.12. The normalized spacial score (nSPS) is 15.9. The Bertz CT molecular complexity index is 673. The van der Waals surface area contributed by atoms with Crippen LogP contribution in [0.1, 0.15) is 37.7 Å². The molecule has 1 aromatic carbocycles. The molecule has 2 rings (SSSR count). The fourth-order valence-electron chi connectivity index (χ4n) is 2.33. The van der Waals surface area contributed by atoms with Crippen molar-refractivity contribution in [2.75, 3.05) is 12.4 Å². The number of carbonyl (C=O) groups excluding carboxylic acids is 1. The molecule has 1 saturated carbocycles. The van der Waals surface area contributed by atoms with Gasteiger partial charge in [0.05, 0.1) is 29.6 Å². The maximum absolute atomic E-state index is 12.2. The number of rotatable bonds is 8. The zero-order valence-electron chi connectivity index (χ0n) is 12.9. The highest BCUT2D eigenvalue weighted by atomic mass is 32.2. The van der Waals surface area contributed by atoms with Gasteiger partial charge < -0.3 is 9.84 Å². The van der Waals surface area contributed by atoms with Crippen LogP contribution in [-0.4, -0.2) is 37.8 Å². The largest absolute Gasteiger partial charge is 0.481 e. The number of hydrogen-bond donors (Lipinski definition) is 1. The summed E-state index contributed by atoms with van der Waals surface area (Å²) in [5.41, 5.74) is 0.385. The fourth-order valence-corrected chi connectivity index (χ4v) is 4.03. The molecule has 0 aromatic heterocycles. The Kier molecular flexibility index (Phi) is 5.41. The van der Waals surface area contributed by atoms with Crippen LogP contribution in [0.2, 0.25) is 0 Å². The first kappa shape index (κ1) is 17.5. The van der Waals surface area contributed by atoms with Crippen molar-refractivity contribution in [3.05, 3.63) is 29.8 Å². The Hall–Kier alpha value is -1.89. The summed E-state index contributed by atoms with van der Waals surface area (Å²) in [6.07, 6.45) is 1.60. The highest BCUT2D eigenvalue weighted by Crippen LogP contribution is 2.32. The standard InChI is InChI=1S/C16H20O6S/c1-2-22-15(17)9-14(16(18)19)12-5-7-13(8-6-12)23(20,21)10-11-3-4-11/h5-8,11,14H,2-4,9-10H2,1H3,(H,18,19). The van der Waals surface area contributed by atoms with Gasteiger partial charge in [-0.25, -0.2) is 8.42 Å². The summed E-state index contributed by atoms with van der Waals surface area (Å²) >= 11 is 0. The van der Waals surface area contributed by atoms with Crippen molar-refractivity contribution in [2.24, 2.45) is 5.92 Å². The fraction of sp³-hybridized carbons (Fsp3) is 0.500. The number of sulfone groups is 1. The SMILES string of the molecule is CCOC(=O)CC(C(=O)O)c1ccc(S(=O)(=O)CC2CC2)cc1. The summed E-state index contributed by atoms with van der Waals surface area (Å²) in [4.78, 5) is 23.0. The third-order valence-corrected chi connectivity index (χ3v) is 5.67. The van der Waals surface area contributed by atoms with Gasteiger partial charge in [0.1, 0.15) is 0 Å². The van der Waals surface area contributed by atoms with Crippen molar-refractivity contribution >= 4 is 21.8 Å². The van der Waals surface area contributed by atoms with E-state index in [0.717, 1.165) is 12.8 Å². The molecule has 0 radical (unpaired) electrons. The molecule has 1 unspecified atom stereocenters. The smallest absolute Gasteiger partial charge is 0.311 e. The molecule has 1 aliphatic carbocycles. The van der Waals surface area contributed by atoms with E-state index < -0.39 is 27.7 Å². The topological polar surface area (TPSA) is 97.7 Å². The number of benzene rings is 1. The third-order valence-electron chi connectivity index (χ3n) is 3.77. The molecule has 1 atom stereocenters. The molecule has 0 spiro atoms. The van der Waals surface area contributed by atoms with E-state index in [0.29, 0.717) is 5.56 Å². The molecule has 1 N–H and O–H groups in total. The molecule has 0 saturated heterocycles. The molecular weight excluding hydrogens is 320 g/mol. The van der Waals surface area contributed by atoms with E-state index in [1.807, 2.05) is 0 Å². The van der Waals surface area contributed by atoms with Gasteiger partial charge >= 0.3 is 11.9 Å². The monoisotopic (exact) mass is 340 g/mol. The summed E-state index contributed by atoms with van der Waals surface area (Å²) < 4.78 is 29.1. The van der Waals surface area contributed by atoms with Gasteiger partial charge in [-0.05, 0) is 43.4 Å². The molecule has 23 heavy (non-hydrogen) atoms. The number of carbonyl (C=O) groups is 2.